The molecule has 28 heavy (non-hydrogen) atoms. The molecule has 4 nitrogen and oxygen atoms in total. The first-order valence-electron chi connectivity index (χ1n) is 9.30. The number of rotatable bonds is 7. The van der Waals surface area contributed by atoms with E-state index >= 15 is 0 Å². The van der Waals surface area contributed by atoms with E-state index in [0.717, 1.165) is 12.8 Å². The quantitative estimate of drug-likeness (QED) is 0.355. The van der Waals surface area contributed by atoms with E-state index in [4.69, 9.17) is 0 Å². The van der Waals surface area contributed by atoms with Crippen molar-refractivity contribution in [3.63, 3.8) is 0 Å². The van der Waals surface area contributed by atoms with Crippen LogP contribution in [0.1, 0.15) is 50.3 Å². The van der Waals surface area contributed by atoms with Crippen LogP contribution < -0.4 is 0 Å². The van der Waals surface area contributed by atoms with Crippen molar-refractivity contribution in [3.8, 4) is 23.0 Å². The van der Waals surface area contributed by atoms with Crippen molar-refractivity contribution < 1.29 is 20.4 Å². The van der Waals surface area contributed by atoms with Gasteiger partial charge < -0.3 is 20.4 Å². The van der Waals surface area contributed by atoms with Gasteiger partial charge in [0.1, 0.15) is 23.0 Å². The van der Waals surface area contributed by atoms with Gasteiger partial charge in [0.15, 0.2) is 0 Å². The van der Waals surface area contributed by atoms with Crippen molar-refractivity contribution in [1.29, 1.82) is 0 Å². The van der Waals surface area contributed by atoms with E-state index < -0.39 is 0 Å². The maximum Gasteiger partial charge on any atom is 0.126 e. The van der Waals surface area contributed by atoms with E-state index in [9.17, 15) is 20.4 Å². The normalized spacial score (nSPS) is 11.8. The third kappa shape index (κ3) is 6.23. The van der Waals surface area contributed by atoms with Gasteiger partial charge in [-0.1, -0.05) is 35.5 Å². The molecule has 0 spiro atoms. The Morgan fingerprint density at radius 3 is 2.11 bits per heavy atom. The third-order valence-corrected chi connectivity index (χ3v) is 4.44. The average molecular weight is 380 g/mol. The zero-order valence-corrected chi connectivity index (χ0v) is 16.6. The zero-order chi connectivity index (χ0) is 20.7. The number of benzene rings is 2. The molecule has 0 aliphatic heterocycles. The Labute approximate surface area is 166 Å². The zero-order valence-electron chi connectivity index (χ0n) is 16.6. The van der Waals surface area contributed by atoms with E-state index in [0.29, 0.717) is 23.1 Å². The number of phenolic OH excluding ortho intramolecular Hbond substituents is 4. The molecule has 0 aromatic heterocycles. The van der Waals surface area contributed by atoms with Gasteiger partial charge in [-0.25, -0.2) is 0 Å². The van der Waals surface area contributed by atoms with E-state index in [2.05, 4.69) is 19.9 Å². The van der Waals surface area contributed by atoms with Crippen LogP contribution in [0.2, 0.25) is 0 Å². The van der Waals surface area contributed by atoms with Crippen molar-refractivity contribution in [1.82, 2.24) is 0 Å². The molecule has 0 saturated carbocycles. The van der Waals surface area contributed by atoms with Crippen LogP contribution in [0, 0.1) is 0 Å². The Kier molecular flexibility index (Phi) is 7.33. The molecule has 4 N–H and O–H groups in total. The summed E-state index contributed by atoms with van der Waals surface area (Å²) in [6.45, 7) is 6.20. The second-order valence-corrected chi connectivity index (χ2v) is 7.19. The van der Waals surface area contributed by atoms with E-state index in [1.165, 1.54) is 23.3 Å². The van der Waals surface area contributed by atoms with Crippen LogP contribution in [0.4, 0.5) is 0 Å². The van der Waals surface area contributed by atoms with E-state index in [1.807, 2.05) is 13.0 Å². The van der Waals surface area contributed by atoms with Gasteiger partial charge in [0.05, 0.1) is 0 Å². The molecule has 0 amide bonds. The number of phenols is 4. The lowest BCUT2D eigenvalue weighted by Gasteiger charge is -2.08. The molecule has 0 bridgehead atoms. The molecule has 4 heteroatoms. The molecule has 0 unspecified atom stereocenters. The van der Waals surface area contributed by atoms with Crippen LogP contribution in [0.3, 0.4) is 0 Å². The second-order valence-electron chi connectivity index (χ2n) is 7.19. The van der Waals surface area contributed by atoms with Crippen LogP contribution >= 0.6 is 0 Å². The van der Waals surface area contributed by atoms with Gasteiger partial charge in [-0.3, -0.25) is 0 Å². The van der Waals surface area contributed by atoms with Crippen molar-refractivity contribution in [2.24, 2.45) is 0 Å². The lowest BCUT2D eigenvalue weighted by molar-refractivity contribution is 0.440. The fraction of sp³-hybridized carbons (Fsp3) is 0.250. The van der Waals surface area contributed by atoms with E-state index in [-0.39, 0.29) is 23.0 Å². The molecular weight excluding hydrogens is 352 g/mol. The fourth-order valence-corrected chi connectivity index (χ4v) is 2.79. The summed E-state index contributed by atoms with van der Waals surface area (Å²) < 4.78 is 0. The van der Waals surface area contributed by atoms with Gasteiger partial charge >= 0.3 is 0 Å². The van der Waals surface area contributed by atoms with Crippen LogP contribution in [0.15, 0.2) is 53.6 Å². The number of allylic oxidation sites excluding steroid dienone is 4. The number of aromatic hydroxyl groups is 4. The molecule has 2 aromatic rings. The third-order valence-electron chi connectivity index (χ3n) is 4.44. The lowest BCUT2D eigenvalue weighted by Crippen LogP contribution is -1.88. The summed E-state index contributed by atoms with van der Waals surface area (Å²) in [5, 5.41) is 39.8. The molecule has 0 aliphatic rings. The molecule has 0 aliphatic carbocycles. The monoisotopic (exact) mass is 380 g/mol. The van der Waals surface area contributed by atoms with Gasteiger partial charge in [-0.2, -0.15) is 0 Å². The first-order chi connectivity index (χ1) is 13.3. The smallest absolute Gasteiger partial charge is 0.126 e. The Hall–Kier alpha value is -3.14. The minimum atomic E-state index is -0.0463. The highest BCUT2D eigenvalue weighted by Gasteiger charge is 2.08. The topological polar surface area (TPSA) is 80.9 Å². The molecule has 148 valence electrons. The van der Waals surface area contributed by atoms with Crippen LogP contribution in [-0.2, 0) is 6.42 Å². The van der Waals surface area contributed by atoms with Crippen molar-refractivity contribution in [3.05, 3.63) is 70.3 Å². The Morgan fingerprint density at radius 2 is 1.50 bits per heavy atom. The maximum atomic E-state index is 10.3. The summed E-state index contributed by atoms with van der Waals surface area (Å²) in [6, 6.07) is 7.47. The van der Waals surface area contributed by atoms with Crippen molar-refractivity contribution in [2.75, 3.05) is 0 Å². The molecular formula is C24H28O4. The molecule has 0 fully saturated rings. The highest BCUT2D eigenvalue weighted by Crippen LogP contribution is 2.31. The van der Waals surface area contributed by atoms with E-state index in [1.54, 1.807) is 30.4 Å². The minimum absolute atomic E-state index is 0.0153. The molecule has 0 heterocycles. The highest BCUT2D eigenvalue weighted by molar-refractivity contribution is 5.74. The molecule has 0 saturated heterocycles. The van der Waals surface area contributed by atoms with Crippen molar-refractivity contribution >= 4 is 12.2 Å². The van der Waals surface area contributed by atoms with Crippen LogP contribution in [0.25, 0.3) is 12.2 Å². The van der Waals surface area contributed by atoms with Gasteiger partial charge in [0.25, 0.3) is 0 Å². The first-order valence-corrected chi connectivity index (χ1v) is 9.30. The number of hydrogen-bond acceptors (Lipinski definition) is 4. The minimum Gasteiger partial charge on any atom is -0.508 e. The summed E-state index contributed by atoms with van der Waals surface area (Å²) in [5.41, 5.74) is 4.13. The maximum absolute atomic E-state index is 10.3. The predicted octanol–water partition coefficient (Wildman–Crippen LogP) is 5.91. The Bertz CT molecular complexity index is 893. The second kappa shape index (κ2) is 9.70. The fourth-order valence-electron chi connectivity index (χ4n) is 2.79. The van der Waals surface area contributed by atoms with Crippen molar-refractivity contribution in [2.45, 2.75) is 40.0 Å². The largest absolute Gasteiger partial charge is 0.508 e. The standard InChI is InChI=1S/C24H28O4/c1-16(2)5-4-6-17(3)7-12-21-23(27)13-18(14-24(21)28)8-9-19-10-11-20(25)15-22(19)26/h5,7-11,13-15,25-28H,4,6,12H2,1-3H3. The molecule has 0 atom stereocenters. The summed E-state index contributed by atoms with van der Waals surface area (Å²) in [5.74, 6) is -0.000572. The Morgan fingerprint density at radius 1 is 0.821 bits per heavy atom. The van der Waals surface area contributed by atoms with Gasteiger partial charge in [-0.15, -0.1) is 0 Å². The molecule has 2 rings (SSSR count). The van der Waals surface area contributed by atoms with Gasteiger partial charge in [0, 0.05) is 17.2 Å². The SMILES string of the molecule is CC(C)=CCCC(C)=CCc1c(O)cc(C=Cc2ccc(O)cc2O)cc1O. The predicted molar refractivity (Wildman–Crippen MR) is 115 cm³/mol. The summed E-state index contributed by atoms with van der Waals surface area (Å²) in [7, 11) is 0. The summed E-state index contributed by atoms with van der Waals surface area (Å²) >= 11 is 0. The lowest BCUT2D eigenvalue weighted by atomic mass is 10.0. The van der Waals surface area contributed by atoms with Crippen LogP contribution in [0.5, 0.6) is 23.0 Å². The average Bonchev–Trinajstić information content (AvgIpc) is 2.60. The Balaban J connectivity index is 2.11. The molecule has 0 radical (unpaired) electrons. The summed E-state index contributed by atoms with van der Waals surface area (Å²) in [4.78, 5) is 0. The molecule has 2 aromatic carbocycles. The van der Waals surface area contributed by atoms with Gasteiger partial charge in [0.2, 0.25) is 0 Å². The first kappa shape index (κ1) is 21.2. The van der Waals surface area contributed by atoms with Gasteiger partial charge in [-0.05, 0) is 69.9 Å². The highest BCUT2D eigenvalue weighted by atomic mass is 16.3. The number of hydrogen-bond donors (Lipinski definition) is 4. The summed E-state index contributed by atoms with van der Waals surface area (Å²) in [6.07, 6.45) is 9.93. The van der Waals surface area contributed by atoms with Crippen LogP contribution in [-0.4, -0.2) is 20.4 Å².